The van der Waals surface area contributed by atoms with Gasteiger partial charge in [-0.25, -0.2) is 8.42 Å². The Bertz CT molecular complexity index is 354. The summed E-state index contributed by atoms with van der Waals surface area (Å²) in [6.07, 6.45) is 2.49. The van der Waals surface area contributed by atoms with Crippen molar-refractivity contribution in [3.63, 3.8) is 0 Å². The summed E-state index contributed by atoms with van der Waals surface area (Å²) in [5, 5.41) is 3.04. The summed E-state index contributed by atoms with van der Waals surface area (Å²) in [6.45, 7) is 3.23. The molecule has 0 saturated carbocycles. The lowest BCUT2D eigenvalue weighted by Gasteiger charge is -2.24. The van der Waals surface area contributed by atoms with Crippen LogP contribution in [-0.4, -0.2) is 56.9 Å². The number of amides is 1. The number of hydrogen-bond acceptors (Lipinski definition) is 4. The predicted octanol–water partition coefficient (Wildman–Crippen LogP) is 0.0216. The molecule has 0 aromatic rings. The molecule has 0 aliphatic carbocycles. The zero-order chi connectivity index (χ0) is 12.9. The normalized spacial score (nSPS) is 20.8. The van der Waals surface area contributed by atoms with Gasteiger partial charge in [-0.2, -0.15) is 0 Å². The van der Waals surface area contributed by atoms with E-state index in [1.807, 2.05) is 14.0 Å². The topological polar surface area (TPSA) is 66.5 Å². The summed E-state index contributed by atoms with van der Waals surface area (Å²) < 4.78 is 23.2. The molecule has 6 heteroatoms. The molecule has 0 aromatic heterocycles. The van der Waals surface area contributed by atoms with Crippen molar-refractivity contribution in [3.8, 4) is 0 Å². The van der Waals surface area contributed by atoms with Gasteiger partial charge in [0.1, 0.15) is 5.75 Å². The number of carbonyl (C=O) groups is 1. The number of likely N-dealkylation sites (tertiary alicyclic amines) is 1. The molecule has 1 atom stereocenters. The van der Waals surface area contributed by atoms with Crippen LogP contribution in [0.2, 0.25) is 0 Å². The molecule has 1 fully saturated rings. The molecule has 0 radical (unpaired) electrons. The first kappa shape index (κ1) is 14.4. The number of rotatable bonds is 6. The van der Waals surface area contributed by atoms with Gasteiger partial charge in [-0.15, -0.1) is 0 Å². The fourth-order valence-electron chi connectivity index (χ4n) is 2.27. The molecule has 1 amide bonds. The second kappa shape index (κ2) is 6.35. The molecule has 100 valence electrons. The Morgan fingerprint density at radius 2 is 2.18 bits per heavy atom. The Morgan fingerprint density at radius 1 is 1.47 bits per heavy atom. The molecular formula is C11H22N2O3S. The maximum Gasteiger partial charge on any atom is 0.238 e. The minimum absolute atomic E-state index is 0.100. The Labute approximate surface area is 103 Å². The van der Waals surface area contributed by atoms with Gasteiger partial charge < -0.3 is 10.2 Å². The minimum Gasteiger partial charge on any atom is -0.338 e. The van der Waals surface area contributed by atoms with E-state index in [-0.39, 0.29) is 23.5 Å². The highest BCUT2D eigenvalue weighted by atomic mass is 32.2. The molecule has 5 nitrogen and oxygen atoms in total. The van der Waals surface area contributed by atoms with Crippen molar-refractivity contribution in [1.82, 2.24) is 10.2 Å². The predicted molar refractivity (Wildman–Crippen MR) is 67.6 cm³/mol. The minimum atomic E-state index is -3.22. The third-order valence-electron chi connectivity index (χ3n) is 3.00. The van der Waals surface area contributed by atoms with E-state index in [0.717, 1.165) is 19.4 Å². The van der Waals surface area contributed by atoms with Crippen LogP contribution in [0.4, 0.5) is 0 Å². The molecular weight excluding hydrogens is 240 g/mol. The van der Waals surface area contributed by atoms with E-state index in [9.17, 15) is 13.2 Å². The Hall–Kier alpha value is -0.620. The second-order valence-electron chi connectivity index (χ2n) is 4.53. The first-order valence-corrected chi connectivity index (χ1v) is 7.96. The van der Waals surface area contributed by atoms with Crippen LogP contribution in [0.15, 0.2) is 0 Å². The van der Waals surface area contributed by atoms with Gasteiger partial charge >= 0.3 is 0 Å². The highest BCUT2D eigenvalue weighted by molar-refractivity contribution is 7.92. The lowest BCUT2D eigenvalue weighted by molar-refractivity contribution is -0.129. The van der Waals surface area contributed by atoms with Crippen LogP contribution in [0.5, 0.6) is 0 Å². The molecule has 1 N–H and O–H groups in total. The van der Waals surface area contributed by atoms with Crippen LogP contribution < -0.4 is 5.32 Å². The largest absolute Gasteiger partial charge is 0.338 e. The molecule has 0 aromatic carbocycles. The van der Waals surface area contributed by atoms with Crippen molar-refractivity contribution in [1.29, 1.82) is 0 Å². The summed E-state index contributed by atoms with van der Waals surface area (Å²) >= 11 is 0. The van der Waals surface area contributed by atoms with Gasteiger partial charge in [0.15, 0.2) is 9.84 Å². The van der Waals surface area contributed by atoms with Gasteiger partial charge in [0.05, 0.1) is 5.75 Å². The van der Waals surface area contributed by atoms with E-state index >= 15 is 0 Å². The fraction of sp³-hybridized carbons (Fsp3) is 0.909. The SMILES string of the molecule is CCCS(=O)(=O)CC(=O)N1CCCC1CNC. The van der Waals surface area contributed by atoms with Crippen molar-refractivity contribution in [2.75, 3.05) is 31.6 Å². The van der Waals surface area contributed by atoms with Crippen molar-refractivity contribution in [3.05, 3.63) is 0 Å². The van der Waals surface area contributed by atoms with Gasteiger partial charge in [0.2, 0.25) is 5.91 Å². The van der Waals surface area contributed by atoms with Crippen molar-refractivity contribution < 1.29 is 13.2 Å². The van der Waals surface area contributed by atoms with E-state index in [4.69, 9.17) is 0 Å². The van der Waals surface area contributed by atoms with E-state index in [1.54, 1.807) is 4.90 Å². The van der Waals surface area contributed by atoms with Gasteiger partial charge in [0.25, 0.3) is 0 Å². The highest BCUT2D eigenvalue weighted by Crippen LogP contribution is 2.17. The van der Waals surface area contributed by atoms with Crippen LogP contribution in [0.1, 0.15) is 26.2 Å². The number of sulfone groups is 1. The third-order valence-corrected chi connectivity index (χ3v) is 4.71. The molecule has 1 unspecified atom stereocenters. The van der Waals surface area contributed by atoms with Gasteiger partial charge in [-0.1, -0.05) is 6.92 Å². The Balaban J connectivity index is 2.58. The van der Waals surface area contributed by atoms with Crippen molar-refractivity contribution in [2.24, 2.45) is 0 Å². The number of hydrogen-bond donors (Lipinski definition) is 1. The monoisotopic (exact) mass is 262 g/mol. The summed E-state index contributed by atoms with van der Waals surface area (Å²) in [5.41, 5.74) is 0. The first-order chi connectivity index (χ1) is 8.00. The molecule has 17 heavy (non-hydrogen) atoms. The van der Waals surface area contributed by atoms with Crippen LogP contribution in [-0.2, 0) is 14.6 Å². The number of nitrogens with one attached hydrogen (secondary N) is 1. The van der Waals surface area contributed by atoms with Gasteiger partial charge in [-0.05, 0) is 26.3 Å². The molecule has 1 rings (SSSR count). The molecule has 1 aliphatic heterocycles. The Morgan fingerprint density at radius 3 is 2.76 bits per heavy atom. The number of carbonyl (C=O) groups excluding carboxylic acids is 1. The van der Waals surface area contributed by atoms with E-state index < -0.39 is 9.84 Å². The Kier molecular flexibility index (Phi) is 5.39. The molecule has 1 heterocycles. The summed E-state index contributed by atoms with van der Waals surface area (Å²) in [4.78, 5) is 13.7. The second-order valence-corrected chi connectivity index (χ2v) is 6.72. The van der Waals surface area contributed by atoms with E-state index in [1.165, 1.54) is 0 Å². The summed E-state index contributed by atoms with van der Waals surface area (Å²) in [6, 6.07) is 0.157. The lowest BCUT2D eigenvalue weighted by atomic mass is 10.2. The van der Waals surface area contributed by atoms with Crippen LogP contribution in [0.25, 0.3) is 0 Å². The zero-order valence-corrected chi connectivity index (χ0v) is 11.4. The fourth-order valence-corrected chi connectivity index (χ4v) is 3.57. The summed E-state index contributed by atoms with van der Waals surface area (Å²) in [7, 11) is -1.38. The number of nitrogens with zero attached hydrogens (tertiary/aromatic N) is 1. The van der Waals surface area contributed by atoms with Crippen molar-refractivity contribution in [2.45, 2.75) is 32.2 Å². The maximum atomic E-state index is 11.9. The third kappa shape index (κ3) is 4.27. The molecule has 0 bridgehead atoms. The molecule has 1 aliphatic rings. The van der Waals surface area contributed by atoms with Gasteiger partial charge in [0, 0.05) is 19.1 Å². The maximum absolute atomic E-state index is 11.9. The molecule has 0 spiro atoms. The zero-order valence-electron chi connectivity index (χ0n) is 10.6. The molecule has 1 saturated heterocycles. The summed E-state index contributed by atoms with van der Waals surface area (Å²) in [5.74, 6) is -0.471. The average Bonchev–Trinajstić information content (AvgIpc) is 2.65. The standard InChI is InChI=1S/C11H22N2O3S/c1-3-7-17(15,16)9-11(14)13-6-4-5-10(13)8-12-2/h10,12H,3-9H2,1-2H3. The van der Waals surface area contributed by atoms with Crippen LogP contribution in [0.3, 0.4) is 0 Å². The quantitative estimate of drug-likeness (QED) is 0.733. The van der Waals surface area contributed by atoms with Crippen LogP contribution >= 0.6 is 0 Å². The average molecular weight is 262 g/mol. The smallest absolute Gasteiger partial charge is 0.238 e. The first-order valence-electron chi connectivity index (χ1n) is 6.14. The van der Waals surface area contributed by atoms with E-state index in [2.05, 4.69) is 5.32 Å². The van der Waals surface area contributed by atoms with Gasteiger partial charge in [-0.3, -0.25) is 4.79 Å². The van der Waals surface area contributed by atoms with E-state index in [0.29, 0.717) is 13.0 Å². The van der Waals surface area contributed by atoms with Crippen molar-refractivity contribution >= 4 is 15.7 Å². The number of likely N-dealkylation sites (N-methyl/N-ethyl adjacent to an activating group) is 1. The highest BCUT2D eigenvalue weighted by Gasteiger charge is 2.30. The lowest BCUT2D eigenvalue weighted by Crippen LogP contribution is -2.43. The van der Waals surface area contributed by atoms with Crippen LogP contribution in [0, 0.1) is 0 Å².